The van der Waals surface area contributed by atoms with Gasteiger partial charge >= 0.3 is 12.1 Å². The first kappa shape index (κ1) is 23.1. The molecule has 0 spiro atoms. The molecule has 0 radical (unpaired) electrons. The maximum Gasteiger partial charge on any atom is 0.411 e. The summed E-state index contributed by atoms with van der Waals surface area (Å²) in [5.41, 5.74) is 4.69. The van der Waals surface area contributed by atoms with Crippen molar-refractivity contribution >= 4 is 23.7 Å². The van der Waals surface area contributed by atoms with E-state index in [1.165, 1.54) is 12.3 Å². The first-order chi connectivity index (χ1) is 16.5. The van der Waals surface area contributed by atoms with Gasteiger partial charge in [0.1, 0.15) is 6.61 Å². The molecule has 1 aliphatic carbocycles. The van der Waals surface area contributed by atoms with Crippen LogP contribution in [0.4, 0.5) is 10.5 Å². The standard InChI is InChI=1S/C26H26N2O6/c1-16(25(30)31)7-6-13-27-24(29)23-22(12-14-33-23)28-26(32)34-15-21-19-10-4-2-8-17(19)18-9-3-5-11-20(18)21/h2-5,8-12,14,16,21H,6-7,13,15H2,1H3,(H,27,29)(H,28,32)(H,30,31). The number of carboxylic acid groups (broad SMARTS) is 1. The van der Waals surface area contributed by atoms with Crippen molar-refractivity contribution in [1.29, 1.82) is 0 Å². The average molecular weight is 463 g/mol. The van der Waals surface area contributed by atoms with Crippen LogP contribution in [-0.4, -0.2) is 36.2 Å². The summed E-state index contributed by atoms with van der Waals surface area (Å²) in [4.78, 5) is 35.8. The fourth-order valence-corrected chi connectivity index (χ4v) is 4.14. The fraction of sp³-hybridized carbons (Fsp3) is 0.269. The number of aliphatic carboxylic acids is 1. The second-order valence-electron chi connectivity index (χ2n) is 8.25. The van der Waals surface area contributed by atoms with Crippen molar-refractivity contribution < 1.29 is 28.6 Å². The molecule has 1 atom stereocenters. The number of anilines is 1. The van der Waals surface area contributed by atoms with Gasteiger partial charge in [0, 0.05) is 18.5 Å². The van der Waals surface area contributed by atoms with E-state index in [1.807, 2.05) is 36.4 Å². The lowest BCUT2D eigenvalue weighted by Gasteiger charge is -2.14. The van der Waals surface area contributed by atoms with E-state index in [0.717, 1.165) is 22.3 Å². The third-order valence-corrected chi connectivity index (χ3v) is 5.97. The topological polar surface area (TPSA) is 118 Å². The van der Waals surface area contributed by atoms with E-state index in [1.54, 1.807) is 6.92 Å². The average Bonchev–Trinajstić information content (AvgIpc) is 3.42. The Labute approximate surface area is 196 Å². The van der Waals surface area contributed by atoms with E-state index in [4.69, 9.17) is 14.3 Å². The van der Waals surface area contributed by atoms with Gasteiger partial charge in [-0.05, 0) is 35.1 Å². The molecule has 8 nitrogen and oxygen atoms in total. The summed E-state index contributed by atoms with van der Waals surface area (Å²) in [5, 5.41) is 14.2. The third-order valence-electron chi connectivity index (χ3n) is 5.97. The lowest BCUT2D eigenvalue weighted by atomic mass is 9.98. The van der Waals surface area contributed by atoms with Gasteiger partial charge in [0.05, 0.1) is 17.9 Å². The Morgan fingerprint density at radius 3 is 2.32 bits per heavy atom. The monoisotopic (exact) mass is 462 g/mol. The Bertz CT molecular complexity index is 1160. The second-order valence-corrected chi connectivity index (χ2v) is 8.25. The molecule has 1 aromatic heterocycles. The van der Waals surface area contributed by atoms with Crippen molar-refractivity contribution in [1.82, 2.24) is 5.32 Å². The number of hydrogen-bond donors (Lipinski definition) is 3. The molecule has 34 heavy (non-hydrogen) atoms. The predicted molar refractivity (Wildman–Crippen MR) is 126 cm³/mol. The molecule has 0 aliphatic heterocycles. The van der Waals surface area contributed by atoms with E-state index < -0.39 is 23.9 Å². The zero-order valence-corrected chi connectivity index (χ0v) is 18.7. The van der Waals surface area contributed by atoms with Crippen LogP contribution in [0.2, 0.25) is 0 Å². The minimum Gasteiger partial charge on any atom is -0.481 e. The molecule has 8 heteroatoms. The second kappa shape index (κ2) is 10.2. The highest BCUT2D eigenvalue weighted by atomic mass is 16.5. The molecular formula is C26H26N2O6. The largest absolute Gasteiger partial charge is 0.481 e. The summed E-state index contributed by atoms with van der Waals surface area (Å²) in [7, 11) is 0. The predicted octanol–water partition coefficient (Wildman–Crippen LogP) is 4.87. The van der Waals surface area contributed by atoms with Crippen molar-refractivity contribution in [3.05, 3.63) is 77.7 Å². The SMILES string of the molecule is CC(CCCNC(=O)c1occc1NC(=O)OCC1c2ccccc2-c2ccccc21)C(=O)O. The Morgan fingerprint density at radius 2 is 1.68 bits per heavy atom. The smallest absolute Gasteiger partial charge is 0.411 e. The molecule has 3 aromatic rings. The van der Waals surface area contributed by atoms with Crippen molar-refractivity contribution in [2.45, 2.75) is 25.7 Å². The van der Waals surface area contributed by atoms with Crippen LogP contribution in [0, 0.1) is 5.92 Å². The number of ether oxygens (including phenoxy) is 1. The van der Waals surface area contributed by atoms with E-state index in [-0.39, 0.29) is 24.0 Å². The van der Waals surface area contributed by atoms with Crippen LogP contribution in [0.1, 0.15) is 47.4 Å². The van der Waals surface area contributed by atoms with Crippen molar-refractivity contribution in [3.8, 4) is 11.1 Å². The van der Waals surface area contributed by atoms with Crippen molar-refractivity contribution in [3.63, 3.8) is 0 Å². The Balaban J connectivity index is 1.32. The molecule has 1 unspecified atom stereocenters. The van der Waals surface area contributed by atoms with Crippen molar-refractivity contribution in [2.24, 2.45) is 5.92 Å². The molecule has 1 aliphatic rings. The van der Waals surface area contributed by atoms with Crippen LogP contribution >= 0.6 is 0 Å². The first-order valence-electron chi connectivity index (χ1n) is 11.2. The quantitative estimate of drug-likeness (QED) is 0.391. The van der Waals surface area contributed by atoms with E-state index >= 15 is 0 Å². The Kier molecular flexibility index (Phi) is 6.96. The summed E-state index contributed by atoms with van der Waals surface area (Å²) in [6.45, 7) is 2.07. The number of carboxylic acids is 1. The van der Waals surface area contributed by atoms with Gasteiger partial charge in [0.15, 0.2) is 0 Å². The molecule has 2 aromatic carbocycles. The highest BCUT2D eigenvalue weighted by Gasteiger charge is 2.29. The Hall–Kier alpha value is -4.07. The lowest BCUT2D eigenvalue weighted by Crippen LogP contribution is -2.26. The first-order valence-corrected chi connectivity index (χ1v) is 11.2. The van der Waals surface area contributed by atoms with Crippen LogP contribution < -0.4 is 10.6 Å². The van der Waals surface area contributed by atoms with Gasteiger partial charge in [0.25, 0.3) is 5.91 Å². The zero-order chi connectivity index (χ0) is 24.1. The van der Waals surface area contributed by atoms with Crippen molar-refractivity contribution in [2.75, 3.05) is 18.5 Å². The summed E-state index contributed by atoms with van der Waals surface area (Å²) in [5.74, 6) is -1.96. The number of amides is 2. The molecule has 0 fully saturated rings. The number of carbonyl (C=O) groups is 3. The van der Waals surface area contributed by atoms with Crippen LogP contribution in [-0.2, 0) is 9.53 Å². The van der Waals surface area contributed by atoms with E-state index in [2.05, 4.69) is 22.8 Å². The van der Waals surface area contributed by atoms with Gasteiger partial charge in [-0.3, -0.25) is 14.9 Å². The molecule has 0 saturated carbocycles. The highest BCUT2D eigenvalue weighted by molar-refractivity contribution is 6.00. The van der Waals surface area contributed by atoms with Crippen LogP contribution in [0.25, 0.3) is 11.1 Å². The van der Waals surface area contributed by atoms with E-state index in [9.17, 15) is 14.4 Å². The number of benzene rings is 2. The lowest BCUT2D eigenvalue weighted by molar-refractivity contribution is -0.141. The van der Waals surface area contributed by atoms with Gasteiger partial charge < -0.3 is 19.6 Å². The van der Waals surface area contributed by atoms with Gasteiger partial charge in [-0.25, -0.2) is 4.79 Å². The molecule has 4 rings (SSSR count). The molecule has 2 amide bonds. The minimum atomic E-state index is -0.869. The molecule has 176 valence electrons. The van der Waals surface area contributed by atoms with E-state index in [0.29, 0.717) is 19.4 Å². The number of fused-ring (bicyclic) bond motifs is 3. The summed E-state index contributed by atoms with van der Waals surface area (Å²) in [6.07, 6.45) is 1.57. The zero-order valence-electron chi connectivity index (χ0n) is 18.7. The molecule has 0 bridgehead atoms. The van der Waals surface area contributed by atoms with Gasteiger partial charge in [-0.2, -0.15) is 0 Å². The number of furan rings is 1. The maximum absolute atomic E-state index is 12.5. The summed E-state index contributed by atoms with van der Waals surface area (Å²) < 4.78 is 10.8. The number of nitrogens with one attached hydrogen (secondary N) is 2. The normalized spacial score (nSPS) is 13.0. The van der Waals surface area contributed by atoms with Gasteiger partial charge in [-0.1, -0.05) is 55.5 Å². The maximum atomic E-state index is 12.5. The summed E-state index contributed by atoms with van der Waals surface area (Å²) >= 11 is 0. The molecule has 0 saturated heterocycles. The molecule has 1 heterocycles. The number of hydrogen-bond acceptors (Lipinski definition) is 5. The third kappa shape index (κ3) is 4.96. The van der Waals surface area contributed by atoms with Gasteiger partial charge in [-0.15, -0.1) is 0 Å². The number of carbonyl (C=O) groups excluding carboxylic acids is 2. The summed E-state index contributed by atoms with van der Waals surface area (Å²) in [6, 6.07) is 17.6. The Morgan fingerprint density at radius 1 is 1.03 bits per heavy atom. The van der Waals surface area contributed by atoms with Crippen LogP contribution in [0.5, 0.6) is 0 Å². The van der Waals surface area contributed by atoms with Crippen LogP contribution in [0.15, 0.2) is 65.3 Å². The molecular weight excluding hydrogens is 436 g/mol. The highest BCUT2D eigenvalue weighted by Crippen LogP contribution is 2.44. The van der Waals surface area contributed by atoms with Gasteiger partial charge in [0.2, 0.25) is 5.76 Å². The van der Waals surface area contributed by atoms with Crippen LogP contribution in [0.3, 0.4) is 0 Å². The fourth-order valence-electron chi connectivity index (χ4n) is 4.14. The minimum absolute atomic E-state index is 0.0419. The number of rotatable bonds is 9. The molecule has 3 N–H and O–H groups in total.